The zero-order valence-corrected chi connectivity index (χ0v) is 14.5. The monoisotopic (exact) mass is 369 g/mol. The Morgan fingerprint density at radius 1 is 1.23 bits per heavy atom. The molecular weight excluding hydrogens is 347 g/mol. The van der Waals surface area contributed by atoms with Gasteiger partial charge in [-0.05, 0) is 43.7 Å². The highest BCUT2D eigenvalue weighted by Gasteiger charge is 2.50. The van der Waals surface area contributed by atoms with Gasteiger partial charge in [-0.1, -0.05) is 31.0 Å². The van der Waals surface area contributed by atoms with Crippen LogP contribution in [0, 0.1) is 11.8 Å². The standard InChI is InChI=1S/C19H22F3NO3/c1-18(9-5-4-8-15(18)17(25)26)23-16(24)13-10-12(13)11-6-2-3-7-14(11)19(20,21)22/h2-3,6-7,12-13,15H,4-5,8-10H2,1H3,(H,23,24)(H,25,26). The van der Waals surface area contributed by atoms with Gasteiger partial charge in [0.15, 0.2) is 0 Å². The Kier molecular flexibility index (Phi) is 4.75. The number of rotatable bonds is 4. The summed E-state index contributed by atoms with van der Waals surface area (Å²) in [5.74, 6) is -2.96. The minimum Gasteiger partial charge on any atom is -0.481 e. The van der Waals surface area contributed by atoms with E-state index in [4.69, 9.17) is 0 Å². The van der Waals surface area contributed by atoms with Crippen molar-refractivity contribution in [1.29, 1.82) is 0 Å². The Balaban J connectivity index is 1.73. The summed E-state index contributed by atoms with van der Waals surface area (Å²) in [5.41, 5.74) is -1.41. The normalized spacial score (nSPS) is 31.3. The molecule has 4 atom stereocenters. The van der Waals surface area contributed by atoms with E-state index in [0.717, 1.165) is 18.9 Å². The molecule has 2 aliphatic rings. The van der Waals surface area contributed by atoms with Gasteiger partial charge in [0.2, 0.25) is 5.91 Å². The highest BCUT2D eigenvalue weighted by atomic mass is 19.4. The second-order valence-corrected chi connectivity index (χ2v) is 7.58. The van der Waals surface area contributed by atoms with Crippen LogP contribution in [0.2, 0.25) is 0 Å². The molecule has 4 unspecified atom stereocenters. The molecule has 4 nitrogen and oxygen atoms in total. The van der Waals surface area contributed by atoms with Gasteiger partial charge in [0, 0.05) is 5.92 Å². The van der Waals surface area contributed by atoms with Crippen LogP contribution in [0.1, 0.15) is 56.1 Å². The first kappa shape index (κ1) is 18.7. The molecule has 2 saturated carbocycles. The van der Waals surface area contributed by atoms with Gasteiger partial charge < -0.3 is 10.4 Å². The molecule has 0 heterocycles. The van der Waals surface area contributed by atoms with Crippen LogP contribution in [0.4, 0.5) is 13.2 Å². The minimum atomic E-state index is -4.45. The number of carboxylic acid groups (broad SMARTS) is 1. The van der Waals surface area contributed by atoms with Crippen LogP contribution in [0.3, 0.4) is 0 Å². The van der Waals surface area contributed by atoms with Crippen molar-refractivity contribution in [3.8, 4) is 0 Å². The van der Waals surface area contributed by atoms with Crippen molar-refractivity contribution in [1.82, 2.24) is 5.32 Å². The van der Waals surface area contributed by atoms with E-state index >= 15 is 0 Å². The Bertz CT molecular complexity index is 718. The minimum absolute atomic E-state index is 0.142. The van der Waals surface area contributed by atoms with E-state index < -0.39 is 41.0 Å². The van der Waals surface area contributed by atoms with Crippen molar-refractivity contribution >= 4 is 11.9 Å². The second kappa shape index (κ2) is 6.59. The number of alkyl halides is 3. The zero-order chi connectivity index (χ0) is 19.1. The van der Waals surface area contributed by atoms with Crippen LogP contribution in [0.15, 0.2) is 24.3 Å². The number of hydrogen-bond acceptors (Lipinski definition) is 2. The zero-order valence-electron chi connectivity index (χ0n) is 14.5. The number of amides is 1. The maximum Gasteiger partial charge on any atom is 0.416 e. The number of halogens is 3. The third-order valence-corrected chi connectivity index (χ3v) is 5.71. The number of nitrogens with one attached hydrogen (secondary N) is 1. The lowest BCUT2D eigenvalue weighted by Crippen LogP contribution is -2.55. The summed E-state index contributed by atoms with van der Waals surface area (Å²) in [7, 11) is 0. The van der Waals surface area contributed by atoms with Gasteiger partial charge in [0.05, 0.1) is 17.0 Å². The molecule has 2 N–H and O–H groups in total. The molecule has 1 amide bonds. The van der Waals surface area contributed by atoms with E-state index in [2.05, 4.69) is 5.32 Å². The van der Waals surface area contributed by atoms with Crippen molar-refractivity contribution in [2.24, 2.45) is 11.8 Å². The summed E-state index contributed by atoms with van der Waals surface area (Å²) in [6, 6.07) is 5.33. The molecule has 26 heavy (non-hydrogen) atoms. The first-order valence-electron chi connectivity index (χ1n) is 8.84. The molecule has 0 aliphatic heterocycles. The predicted molar refractivity (Wildman–Crippen MR) is 88.4 cm³/mol. The SMILES string of the molecule is CC1(NC(=O)C2CC2c2ccccc2C(F)(F)F)CCCCC1C(=O)O. The fourth-order valence-corrected chi connectivity index (χ4v) is 4.16. The summed E-state index contributed by atoms with van der Waals surface area (Å²) in [6.07, 6.45) is -1.42. The third kappa shape index (κ3) is 3.57. The number of benzene rings is 1. The Labute approximate surface area is 149 Å². The summed E-state index contributed by atoms with van der Waals surface area (Å²) in [5, 5.41) is 12.3. The van der Waals surface area contributed by atoms with E-state index in [9.17, 15) is 27.9 Å². The first-order chi connectivity index (χ1) is 12.1. The molecule has 2 fully saturated rings. The van der Waals surface area contributed by atoms with Gasteiger partial charge in [-0.3, -0.25) is 9.59 Å². The topological polar surface area (TPSA) is 66.4 Å². The van der Waals surface area contributed by atoms with Crippen LogP contribution in [0.5, 0.6) is 0 Å². The fraction of sp³-hybridized carbons (Fsp3) is 0.579. The summed E-state index contributed by atoms with van der Waals surface area (Å²) in [6.45, 7) is 1.73. The summed E-state index contributed by atoms with van der Waals surface area (Å²) >= 11 is 0. The Hall–Kier alpha value is -2.05. The molecular formula is C19H22F3NO3. The van der Waals surface area contributed by atoms with E-state index in [0.29, 0.717) is 19.3 Å². The highest BCUT2D eigenvalue weighted by molar-refractivity contribution is 5.84. The molecule has 1 aromatic rings. The number of hydrogen-bond donors (Lipinski definition) is 2. The van der Waals surface area contributed by atoms with Crippen molar-refractivity contribution in [2.45, 2.75) is 56.7 Å². The van der Waals surface area contributed by atoms with Crippen LogP contribution < -0.4 is 5.32 Å². The van der Waals surface area contributed by atoms with Crippen LogP contribution >= 0.6 is 0 Å². The second-order valence-electron chi connectivity index (χ2n) is 7.58. The quantitative estimate of drug-likeness (QED) is 0.844. The molecule has 3 rings (SSSR count). The molecule has 7 heteroatoms. The van der Waals surface area contributed by atoms with Crippen LogP contribution in [-0.2, 0) is 15.8 Å². The molecule has 0 bridgehead atoms. The molecule has 1 aromatic carbocycles. The molecule has 2 aliphatic carbocycles. The number of carbonyl (C=O) groups excluding carboxylic acids is 1. The van der Waals surface area contributed by atoms with Gasteiger partial charge in [0.25, 0.3) is 0 Å². The lowest BCUT2D eigenvalue weighted by Gasteiger charge is -2.40. The molecule has 0 spiro atoms. The lowest BCUT2D eigenvalue weighted by molar-refractivity contribution is -0.147. The maximum absolute atomic E-state index is 13.2. The van der Waals surface area contributed by atoms with Crippen LogP contribution in [0.25, 0.3) is 0 Å². The van der Waals surface area contributed by atoms with Gasteiger partial charge in [-0.2, -0.15) is 13.2 Å². The van der Waals surface area contributed by atoms with Crippen molar-refractivity contribution < 1.29 is 27.9 Å². The smallest absolute Gasteiger partial charge is 0.416 e. The number of aliphatic carboxylic acids is 1. The first-order valence-corrected chi connectivity index (χ1v) is 8.84. The predicted octanol–water partition coefficient (Wildman–Crippen LogP) is 3.96. The largest absolute Gasteiger partial charge is 0.481 e. The van der Waals surface area contributed by atoms with E-state index in [1.807, 2.05) is 0 Å². The van der Waals surface area contributed by atoms with Crippen molar-refractivity contribution in [3.05, 3.63) is 35.4 Å². The van der Waals surface area contributed by atoms with Crippen LogP contribution in [-0.4, -0.2) is 22.5 Å². The van der Waals surface area contributed by atoms with E-state index in [-0.39, 0.29) is 11.5 Å². The van der Waals surface area contributed by atoms with E-state index in [1.165, 1.54) is 12.1 Å². The summed E-state index contributed by atoms with van der Waals surface area (Å²) in [4.78, 5) is 24.1. The Morgan fingerprint density at radius 2 is 1.92 bits per heavy atom. The van der Waals surface area contributed by atoms with Gasteiger partial charge in [-0.15, -0.1) is 0 Å². The van der Waals surface area contributed by atoms with Crippen molar-refractivity contribution in [3.63, 3.8) is 0 Å². The molecule has 0 radical (unpaired) electrons. The average Bonchev–Trinajstić information content (AvgIpc) is 3.34. The summed E-state index contributed by atoms with van der Waals surface area (Å²) < 4.78 is 39.5. The van der Waals surface area contributed by atoms with Gasteiger partial charge >= 0.3 is 12.1 Å². The number of carbonyl (C=O) groups is 2. The Morgan fingerprint density at radius 3 is 2.58 bits per heavy atom. The fourth-order valence-electron chi connectivity index (χ4n) is 4.16. The van der Waals surface area contributed by atoms with Crippen molar-refractivity contribution in [2.75, 3.05) is 0 Å². The van der Waals surface area contributed by atoms with Gasteiger partial charge in [-0.25, -0.2) is 0 Å². The molecule has 0 aromatic heterocycles. The van der Waals surface area contributed by atoms with E-state index in [1.54, 1.807) is 13.0 Å². The third-order valence-electron chi connectivity index (χ3n) is 5.71. The lowest BCUT2D eigenvalue weighted by atomic mass is 9.73. The molecule has 142 valence electrons. The molecule has 0 saturated heterocycles. The van der Waals surface area contributed by atoms with Gasteiger partial charge in [0.1, 0.15) is 0 Å². The maximum atomic E-state index is 13.2. The average molecular weight is 369 g/mol. The number of carboxylic acids is 1. The highest BCUT2D eigenvalue weighted by Crippen LogP contribution is 2.51.